The summed E-state index contributed by atoms with van der Waals surface area (Å²) in [6.45, 7) is 2.64. The minimum absolute atomic E-state index is 0.587. The maximum Gasteiger partial charge on any atom is 0.214 e. The van der Waals surface area contributed by atoms with Crippen molar-refractivity contribution >= 4 is 11.8 Å². The second-order valence-corrected chi connectivity index (χ2v) is 6.14. The normalized spacial score (nSPS) is 10.6. The molecule has 0 saturated carbocycles. The van der Waals surface area contributed by atoms with Gasteiger partial charge < -0.3 is 9.47 Å². The lowest BCUT2D eigenvalue weighted by Crippen LogP contribution is -2.03. The Morgan fingerprint density at radius 1 is 1.00 bits per heavy atom. The fourth-order valence-corrected chi connectivity index (χ4v) is 2.79. The van der Waals surface area contributed by atoms with Crippen molar-refractivity contribution in [2.45, 2.75) is 12.1 Å². The first kappa shape index (κ1) is 16.3. The van der Waals surface area contributed by atoms with Crippen molar-refractivity contribution in [3.05, 3.63) is 54.1 Å². The quantitative estimate of drug-likeness (QED) is 0.485. The highest BCUT2D eigenvalue weighted by atomic mass is 32.2. The summed E-state index contributed by atoms with van der Waals surface area (Å²) in [6, 6.07) is 15.6. The van der Waals surface area contributed by atoms with Gasteiger partial charge in [-0.15, -0.1) is 5.10 Å². The molecular weight excluding hydrogens is 324 g/mol. The van der Waals surface area contributed by atoms with Crippen LogP contribution < -0.4 is 9.47 Å². The Kier molecular flexibility index (Phi) is 5.32. The molecule has 124 valence electrons. The Balaban J connectivity index is 1.56. The standard InChI is InChI=1S/C17H18N4O2S/c1-13-3-7-16(8-4-13)23-11-12-24-17-18-19-20-21(17)14-5-9-15(22-2)10-6-14/h3-10H,11-12H2,1-2H3. The van der Waals surface area contributed by atoms with E-state index in [9.17, 15) is 0 Å². The van der Waals surface area contributed by atoms with Crippen molar-refractivity contribution in [2.24, 2.45) is 0 Å². The average molecular weight is 342 g/mol. The first-order valence-electron chi connectivity index (χ1n) is 7.51. The van der Waals surface area contributed by atoms with E-state index < -0.39 is 0 Å². The maximum atomic E-state index is 5.72. The number of tetrazole rings is 1. The van der Waals surface area contributed by atoms with Crippen molar-refractivity contribution in [3.63, 3.8) is 0 Å². The first-order valence-corrected chi connectivity index (χ1v) is 8.50. The van der Waals surface area contributed by atoms with Gasteiger partial charge in [-0.25, -0.2) is 0 Å². The van der Waals surface area contributed by atoms with Crippen LogP contribution in [-0.4, -0.2) is 39.7 Å². The number of aromatic nitrogens is 4. The molecule has 0 saturated heterocycles. The van der Waals surface area contributed by atoms with Gasteiger partial charge in [0.1, 0.15) is 11.5 Å². The molecule has 0 N–H and O–H groups in total. The van der Waals surface area contributed by atoms with Gasteiger partial charge in [0, 0.05) is 5.75 Å². The van der Waals surface area contributed by atoms with Gasteiger partial charge in [0.25, 0.3) is 0 Å². The minimum Gasteiger partial charge on any atom is -0.497 e. The van der Waals surface area contributed by atoms with Gasteiger partial charge in [0.15, 0.2) is 0 Å². The Hall–Kier alpha value is -2.54. The summed E-state index contributed by atoms with van der Waals surface area (Å²) in [5.41, 5.74) is 2.11. The van der Waals surface area contributed by atoms with Crippen LogP contribution in [0.4, 0.5) is 0 Å². The molecule has 1 aromatic heterocycles. The van der Waals surface area contributed by atoms with Crippen LogP contribution in [0.15, 0.2) is 53.7 Å². The van der Waals surface area contributed by atoms with Crippen LogP contribution in [0.25, 0.3) is 5.69 Å². The number of hydrogen-bond donors (Lipinski definition) is 0. The molecular formula is C17H18N4O2S. The van der Waals surface area contributed by atoms with Crippen molar-refractivity contribution in [2.75, 3.05) is 19.5 Å². The van der Waals surface area contributed by atoms with Gasteiger partial charge in [-0.05, 0) is 53.7 Å². The van der Waals surface area contributed by atoms with Crippen molar-refractivity contribution in [3.8, 4) is 17.2 Å². The van der Waals surface area contributed by atoms with E-state index in [1.807, 2.05) is 48.5 Å². The first-order chi connectivity index (χ1) is 11.8. The van der Waals surface area contributed by atoms with E-state index in [4.69, 9.17) is 9.47 Å². The number of nitrogens with zero attached hydrogens (tertiary/aromatic N) is 4. The highest BCUT2D eigenvalue weighted by Crippen LogP contribution is 2.20. The molecule has 0 unspecified atom stereocenters. The SMILES string of the molecule is COc1ccc(-n2nnnc2SCCOc2ccc(C)cc2)cc1. The van der Waals surface area contributed by atoms with Gasteiger partial charge in [0.2, 0.25) is 5.16 Å². The largest absolute Gasteiger partial charge is 0.497 e. The zero-order valence-electron chi connectivity index (χ0n) is 13.5. The van der Waals surface area contributed by atoms with E-state index in [0.717, 1.165) is 28.1 Å². The van der Waals surface area contributed by atoms with Crippen LogP contribution in [0.3, 0.4) is 0 Å². The molecule has 3 rings (SSSR count). The lowest BCUT2D eigenvalue weighted by Gasteiger charge is -2.07. The molecule has 1 heterocycles. The van der Waals surface area contributed by atoms with E-state index in [2.05, 4.69) is 22.4 Å². The van der Waals surface area contributed by atoms with Gasteiger partial charge in [0.05, 0.1) is 19.4 Å². The van der Waals surface area contributed by atoms with Crippen LogP contribution in [0, 0.1) is 6.92 Å². The Labute approximate surface area is 144 Å². The van der Waals surface area contributed by atoms with E-state index in [0.29, 0.717) is 6.61 Å². The Morgan fingerprint density at radius 3 is 2.42 bits per heavy atom. The minimum atomic E-state index is 0.587. The second-order valence-electron chi connectivity index (χ2n) is 5.08. The third-order valence-electron chi connectivity index (χ3n) is 3.36. The summed E-state index contributed by atoms with van der Waals surface area (Å²) in [7, 11) is 1.64. The zero-order chi connectivity index (χ0) is 16.8. The molecule has 0 amide bonds. The smallest absolute Gasteiger partial charge is 0.214 e. The monoisotopic (exact) mass is 342 g/mol. The fraction of sp³-hybridized carbons (Fsp3) is 0.235. The van der Waals surface area contributed by atoms with E-state index >= 15 is 0 Å². The van der Waals surface area contributed by atoms with Gasteiger partial charge in [-0.3, -0.25) is 0 Å². The molecule has 6 nitrogen and oxygen atoms in total. The number of hydrogen-bond acceptors (Lipinski definition) is 6. The van der Waals surface area contributed by atoms with E-state index in [-0.39, 0.29) is 0 Å². The second kappa shape index (κ2) is 7.83. The number of methoxy groups -OCH3 is 1. The average Bonchev–Trinajstić information content (AvgIpc) is 3.09. The number of thioether (sulfide) groups is 1. The van der Waals surface area contributed by atoms with Gasteiger partial charge in [-0.1, -0.05) is 29.5 Å². The predicted octanol–water partition coefficient (Wildman–Crippen LogP) is 3.15. The highest BCUT2D eigenvalue weighted by Gasteiger charge is 2.09. The predicted molar refractivity (Wildman–Crippen MR) is 93.1 cm³/mol. The molecule has 0 bridgehead atoms. The van der Waals surface area contributed by atoms with Crippen molar-refractivity contribution < 1.29 is 9.47 Å². The lowest BCUT2D eigenvalue weighted by atomic mass is 10.2. The molecule has 0 aliphatic heterocycles. The van der Waals surface area contributed by atoms with Gasteiger partial charge >= 0.3 is 0 Å². The molecule has 0 aliphatic rings. The number of benzene rings is 2. The van der Waals surface area contributed by atoms with Crippen LogP contribution >= 0.6 is 11.8 Å². The summed E-state index contributed by atoms with van der Waals surface area (Å²) >= 11 is 1.55. The zero-order valence-corrected chi connectivity index (χ0v) is 14.4. The van der Waals surface area contributed by atoms with Crippen molar-refractivity contribution in [1.82, 2.24) is 20.2 Å². The Bertz CT molecular complexity index is 772. The number of ether oxygens (including phenoxy) is 2. The fourth-order valence-electron chi connectivity index (χ4n) is 2.08. The summed E-state index contributed by atoms with van der Waals surface area (Å²) < 4.78 is 12.6. The number of aryl methyl sites for hydroxylation is 1. The molecule has 0 radical (unpaired) electrons. The molecule has 24 heavy (non-hydrogen) atoms. The summed E-state index contributed by atoms with van der Waals surface area (Å²) in [5.74, 6) is 2.42. The highest BCUT2D eigenvalue weighted by molar-refractivity contribution is 7.99. The van der Waals surface area contributed by atoms with E-state index in [1.165, 1.54) is 5.56 Å². The van der Waals surface area contributed by atoms with Crippen LogP contribution in [0.5, 0.6) is 11.5 Å². The Morgan fingerprint density at radius 2 is 1.71 bits per heavy atom. The molecule has 2 aromatic carbocycles. The molecule has 0 aliphatic carbocycles. The maximum absolute atomic E-state index is 5.72. The van der Waals surface area contributed by atoms with Gasteiger partial charge in [-0.2, -0.15) is 4.68 Å². The lowest BCUT2D eigenvalue weighted by molar-refractivity contribution is 0.344. The van der Waals surface area contributed by atoms with Crippen molar-refractivity contribution in [1.29, 1.82) is 0 Å². The molecule has 7 heteroatoms. The number of rotatable bonds is 7. The molecule has 3 aromatic rings. The third-order valence-corrected chi connectivity index (χ3v) is 4.25. The summed E-state index contributed by atoms with van der Waals surface area (Å²) in [5, 5.41) is 12.6. The molecule has 0 fully saturated rings. The van der Waals surface area contributed by atoms with Crippen LogP contribution in [-0.2, 0) is 0 Å². The summed E-state index contributed by atoms with van der Waals surface area (Å²) in [6.07, 6.45) is 0. The third kappa shape index (κ3) is 4.05. The molecule has 0 spiro atoms. The topological polar surface area (TPSA) is 62.1 Å². The van der Waals surface area contributed by atoms with E-state index in [1.54, 1.807) is 23.6 Å². The van der Waals surface area contributed by atoms with Crippen LogP contribution in [0.1, 0.15) is 5.56 Å². The summed E-state index contributed by atoms with van der Waals surface area (Å²) in [4.78, 5) is 0. The van der Waals surface area contributed by atoms with Crippen LogP contribution in [0.2, 0.25) is 0 Å². The molecule has 0 atom stereocenters.